The van der Waals surface area contributed by atoms with Crippen molar-refractivity contribution in [3.63, 3.8) is 0 Å². The van der Waals surface area contributed by atoms with Gasteiger partial charge in [0, 0.05) is 10.8 Å². The van der Waals surface area contributed by atoms with Crippen LogP contribution >= 0.6 is 0 Å². The minimum absolute atomic E-state index is 0.0509. The van der Waals surface area contributed by atoms with Crippen LogP contribution in [0.2, 0.25) is 0 Å². The van der Waals surface area contributed by atoms with Gasteiger partial charge in [0.15, 0.2) is 0 Å². The number of rotatable bonds is 1. The van der Waals surface area contributed by atoms with Gasteiger partial charge in [-0.2, -0.15) is 8.42 Å². The molecule has 0 aliphatic heterocycles. The summed E-state index contributed by atoms with van der Waals surface area (Å²) in [6, 6.07) is 9.07. The Balaban J connectivity index is 2.70. The third kappa shape index (κ3) is 0.818. The van der Waals surface area contributed by atoms with E-state index in [1.54, 1.807) is 12.1 Å². The molecule has 0 saturated heterocycles. The van der Waals surface area contributed by atoms with Crippen LogP contribution in [0.5, 0.6) is 0 Å². The van der Waals surface area contributed by atoms with Crippen LogP contribution in [0.15, 0.2) is 35.2 Å². The Morgan fingerprint density at radius 2 is 1.43 bits per heavy atom. The molecule has 3 nitrogen and oxygen atoms in total. The molecule has 0 aromatic heterocycles. The predicted octanol–water partition coefficient (Wildman–Crippen LogP) is 2.12. The molecule has 0 amide bonds. The average Bonchev–Trinajstić information content (AvgIpc) is 2.16. The van der Waals surface area contributed by atoms with Gasteiger partial charge >= 0.3 is 0 Å². The van der Waals surface area contributed by atoms with E-state index in [2.05, 4.69) is 0 Å². The van der Waals surface area contributed by atoms with Gasteiger partial charge < -0.3 is 0 Å². The fourth-order valence-corrected chi connectivity index (χ4v) is 2.90. The number of hydrogen-bond donors (Lipinski definition) is 1. The van der Waals surface area contributed by atoms with Crippen molar-refractivity contribution in [1.82, 2.24) is 0 Å². The standard InChI is InChI=1S/C10H6O3S/c11-14(12,13)10-8-3-1-6-5-7(8)2-4-9(6)10/h1-5H,(H,11,12,13). The first kappa shape index (κ1) is 7.96. The summed E-state index contributed by atoms with van der Waals surface area (Å²) in [6.07, 6.45) is 0. The maximum atomic E-state index is 11.1. The van der Waals surface area contributed by atoms with Crippen LogP contribution in [0, 0.1) is 0 Å². The fourth-order valence-electron chi connectivity index (χ4n) is 1.97. The van der Waals surface area contributed by atoms with E-state index in [9.17, 15) is 8.42 Å². The van der Waals surface area contributed by atoms with Crippen LogP contribution in [0.4, 0.5) is 0 Å². The lowest BCUT2D eigenvalue weighted by atomic mass is 9.98. The van der Waals surface area contributed by atoms with E-state index in [4.69, 9.17) is 4.55 Å². The summed E-state index contributed by atoms with van der Waals surface area (Å²) in [4.78, 5) is 0.0509. The molecule has 0 aliphatic rings. The highest BCUT2D eigenvalue weighted by molar-refractivity contribution is 7.86. The second kappa shape index (κ2) is 2.16. The van der Waals surface area contributed by atoms with Gasteiger partial charge in [0.25, 0.3) is 10.1 Å². The zero-order valence-corrected chi connectivity index (χ0v) is 7.88. The van der Waals surface area contributed by atoms with E-state index in [1.165, 1.54) is 0 Å². The van der Waals surface area contributed by atoms with Crippen molar-refractivity contribution in [2.75, 3.05) is 0 Å². The molecule has 70 valence electrons. The smallest absolute Gasteiger partial charge is 0.282 e. The van der Waals surface area contributed by atoms with E-state index in [1.807, 2.05) is 18.2 Å². The molecule has 5 aromatic rings. The lowest BCUT2D eigenvalue weighted by molar-refractivity contribution is 0.485. The molecule has 0 heterocycles. The van der Waals surface area contributed by atoms with E-state index < -0.39 is 10.1 Å². The highest BCUT2D eigenvalue weighted by atomic mass is 32.2. The molecule has 0 spiro atoms. The molecule has 14 heavy (non-hydrogen) atoms. The quantitative estimate of drug-likeness (QED) is 0.620. The topological polar surface area (TPSA) is 54.4 Å². The number of benzene rings is 5. The Morgan fingerprint density at radius 1 is 0.929 bits per heavy atom. The van der Waals surface area contributed by atoms with E-state index in [-0.39, 0.29) is 4.90 Å². The van der Waals surface area contributed by atoms with E-state index in [0.717, 1.165) is 10.8 Å². The summed E-state index contributed by atoms with van der Waals surface area (Å²) in [5.74, 6) is 0. The summed E-state index contributed by atoms with van der Waals surface area (Å²) in [6.45, 7) is 0. The second-order valence-corrected chi connectivity index (χ2v) is 4.71. The lowest BCUT2D eigenvalue weighted by Crippen LogP contribution is -2.02. The average molecular weight is 206 g/mol. The summed E-state index contributed by atoms with van der Waals surface area (Å²) in [5, 5.41) is 2.90. The minimum Gasteiger partial charge on any atom is -0.282 e. The molecule has 1 N–H and O–H groups in total. The van der Waals surface area contributed by atoms with Gasteiger partial charge in [0.1, 0.15) is 4.90 Å². The Hall–Kier alpha value is -1.39. The third-order valence-corrected chi connectivity index (χ3v) is 3.50. The van der Waals surface area contributed by atoms with E-state index in [0.29, 0.717) is 10.8 Å². The Kier molecular flexibility index (Phi) is 1.23. The molecule has 5 rings (SSSR count). The maximum Gasteiger partial charge on any atom is 0.295 e. The molecule has 0 aliphatic carbocycles. The Morgan fingerprint density at radius 3 is 1.79 bits per heavy atom. The molecule has 0 saturated carbocycles. The van der Waals surface area contributed by atoms with Crippen LogP contribution in [0.25, 0.3) is 21.5 Å². The van der Waals surface area contributed by atoms with Gasteiger partial charge in [0.2, 0.25) is 0 Å². The van der Waals surface area contributed by atoms with Crippen LogP contribution in [-0.2, 0) is 10.1 Å². The molecular weight excluding hydrogens is 200 g/mol. The lowest BCUT2D eigenvalue weighted by Gasteiger charge is -2.12. The van der Waals surface area contributed by atoms with Crippen LogP contribution < -0.4 is 0 Å². The highest BCUT2D eigenvalue weighted by Crippen LogP contribution is 2.35. The van der Waals surface area contributed by atoms with Crippen LogP contribution in [0.1, 0.15) is 0 Å². The molecule has 4 heteroatoms. The summed E-state index contributed by atoms with van der Waals surface area (Å²) in [7, 11) is -4.11. The van der Waals surface area contributed by atoms with Gasteiger partial charge in [-0.05, 0) is 16.8 Å². The third-order valence-electron chi connectivity index (χ3n) is 2.54. The summed E-state index contributed by atoms with van der Waals surface area (Å²) < 4.78 is 31.3. The first-order chi connectivity index (χ1) is 6.57. The second-order valence-electron chi connectivity index (χ2n) is 3.35. The summed E-state index contributed by atoms with van der Waals surface area (Å²) >= 11 is 0. The molecule has 4 bridgehead atoms. The molecule has 0 radical (unpaired) electrons. The normalized spacial score (nSPS) is 13.2. The molecule has 0 unspecified atom stereocenters. The van der Waals surface area contributed by atoms with Gasteiger partial charge in [0.05, 0.1) is 0 Å². The predicted molar refractivity (Wildman–Crippen MR) is 53.6 cm³/mol. The molecular formula is C10H6O3S. The minimum atomic E-state index is -4.11. The van der Waals surface area contributed by atoms with Crippen LogP contribution in [0.3, 0.4) is 0 Å². The first-order valence-corrected chi connectivity index (χ1v) is 5.56. The molecule has 0 fully saturated rings. The first-order valence-electron chi connectivity index (χ1n) is 4.12. The highest BCUT2D eigenvalue weighted by Gasteiger charge is 2.20. The van der Waals surface area contributed by atoms with Crippen molar-refractivity contribution in [3.05, 3.63) is 30.3 Å². The largest absolute Gasteiger partial charge is 0.295 e. The van der Waals surface area contributed by atoms with Gasteiger partial charge in [-0.15, -0.1) is 0 Å². The van der Waals surface area contributed by atoms with Crippen molar-refractivity contribution >= 4 is 31.7 Å². The Labute approximate surface area is 80.4 Å². The molecule has 0 atom stereocenters. The van der Waals surface area contributed by atoms with Gasteiger partial charge in [-0.1, -0.05) is 24.3 Å². The SMILES string of the molecule is O=S(=O)(O)c1c2ccc3cc2ccc13. The zero-order valence-electron chi connectivity index (χ0n) is 7.06. The molecule has 5 aromatic carbocycles. The van der Waals surface area contributed by atoms with Crippen molar-refractivity contribution in [2.45, 2.75) is 4.90 Å². The fraction of sp³-hybridized carbons (Fsp3) is 0. The Bertz CT molecular complexity index is 656. The number of fused-ring (bicyclic) bond motifs is 2. The monoisotopic (exact) mass is 206 g/mol. The summed E-state index contributed by atoms with van der Waals surface area (Å²) in [5.41, 5.74) is 0. The maximum absolute atomic E-state index is 11.1. The van der Waals surface area contributed by atoms with Crippen LogP contribution in [-0.4, -0.2) is 13.0 Å². The zero-order chi connectivity index (χ0) is 9.92. The van der Waals surface area contributed by atoms with E-state index >= 15 is 0 Å². The van der Waals surface area contributed by atoms with Crippen molar-refractivity contribution in [1.29, 1.82) is 0 Å². The number of hydrogen-bond acceptors (Lipinski definition) is 2. The van der Waals surface area contributed by atoms with Gasteiger partial charge in [-0.3, -0.25) is 4.55 Å². The van der Waals surface area contributed by atoms with Crippen molar-refractivity contribution in [2.24, 2.45) is 0 Å². The van der Waals surface area contributed by atoms with Crippen molar-refractivity contribution < 1.29 is 13.0 Å². The van der Waals surface area contributed by atoms with Crippen molar-refractivity contribution in [3.8, 4) is 0 Å². The van der Waals surface area contributed by atoms with Gasteiger partial charge in [-0.25, -0.2) is 0 Å².